The Morgan fingerprint density at radius 2 is 2.25 bits per heavy atom. The number of anilines is 2. The molecule has 0 spiro atoms. The topological polar surface area (TPSA) is 55.1 Å². The van der Waals surface area contributed by atoms with Gasteiger partial charge in [-0.2, -0.15) is 0 Å². The van der Waals surface area contributed by atoms with Crippen molar-refractivity contribution < 1.29 is 4.21 Å². The van der Waals surface area contributed by atoms with Crippen molar-refractivity contribution in [1.82, 2.24) is 0 Å². The SMILES string of the molecule is CS(=O)Nc1ccc(I)cc1N. The predicted octanol–water partition coefficient (Wildman–Crippen LogP) is 1.58. The van der Waals surface area contributed by atoms with Crippen molar-refractivity contribution in [3.63, 3.8) is 0 Å². The zero-order valence-corrected chi connectivity index (χ0v) is 9.48. The first-order valence-electron chi connectivity index (χ1n) is 3.24. The zero-order valence-electron chi connectivity index (χ0n) is 6.50. The second kappa shape index (κ2) is 4.08. The van der Waals surface area contributed by atoms with Gasteiger partial charge in [-0.1, -0.05) is 0 Å². The number of nitrogen functional groups attached to an aromatic ring is 1. The number of hydrogen-bond acceptors (Lipinski definition) is 2. The minimum absolute atomic E-state index is 0.622. The molecule has 12 heavy (non-hydrogen) atoms. The third-order valence-electron chi connectivity index (χ3n) is 1.27. The van der Waals surface area contributed by atoms with Gasteiger partial charge in [-0.05, 0) is 40.8 Å². The van der Waals surface area contributed by atoms with E-state index in [-0.39, 0.29) is 0 Å². The summed E-state index contributed by atoms with van der Waals surface area (Å²) in [6.07, 6.45) is 1.57. The first-order chi connectivity index (χ1) is 5.59. The second-order valence-corrected chi connectivity index (χ2v) is 4.65. The van der Waals surface area contributed by atoms with E-state index in [0.29, 0.717) is 5.69 Å². The molecule has 0 radical (unpaired) electrons. The summed E-state index contributed by atoms with van der Waals surface area (Å²) in [5, 5.41) is 0. The Morgan fingerprint density at radius 1 is 1.58 bits per heavy atom. The fraction of sp³-hybridized carbons (Fsp3) is 0.143. The van der Waals surface area contributed by atoms with Gasteiger partial charge in [0.1, 0.15) is 11.0 Å². The summed E-state index contributed by atoms with van der Waals surface area (Å²) in [4.78, 5) is 0. The minimum Gasteiger partial charge on any atom is -0.397 e. The van der Waals surface area contributed by atoms with E-state index in [1.165, 1.54) is 0 Å². The van der Waals surface area contributed by atoms with Gasteiger partial charge in [-0.15, -0.1) is 0 Å². The number of hydrogen-bond donors (Lipinski definition) is 2. The molecule has 1 atom stereocenters. The van der Waals surface area contributed by atoms with E-state index in [1.54, 1.807) is 6.26 Å². The molecule has 0 aliphatic heterocycles. The van der Waals surface area contributed by atoms with Crippen LogP contribution in [0, 0.1) is 3.57 Å². The molecule has 66 valence electrons. The summed E-state index contributed by atoms with van der Waals surface area (Å²) in [5.41, 5.74) is 7.01. The molecule has 0 saturated carbocycles. The van der Waals surface area contributed by atoms with E-state index in [2.05, 4.69) is 27.3 Å². The maximum Gasteiger partial charge on any atom is 0.114 e. The molecule has 5 heteroatoms. The molecule has 0 heterocycles. The van der Waals surface area contributed by atoms with E-state index in [4.69, 9.17) is 5.73 Å². The van der Waals surface area contributed by atoms with Crippen molar-refractivity contribution in [2.75, 3.05) is 16.7 Å². The zero-order chi connectivity index (χ0) is 9.14. The number of nitrogens with two attached hydrogens (primary N) is 1. The minimum atomic E-state index is -1.07. The lowest BCUT2D eigenvalue weighted by atomic mass is 10.3. The van der Waals surface area contributed by atoms with Gasteiger partial charge >= 0.3 is 0 Å². The highest BCUT2D eigenvalue weighted by Gasteiger charge is 1.99. The quantitative estimate of drug-likeness (QED) is 0.643. The molecule has 0 amide bonds. The van der Waals surface area contributed by atoms with E-state index >= 15 is 0 Å². The summed E-state index contributed by atoms with van der Waals surface area (Å²) in [6, 6.07) is 5.56. The normalized spacial score (nSPS) is 12.5. The summed E-state index contributed by atoms with van der Waals surface area (Å²) in [7, 11) is -1.07. The number of halogens is 1. The van der Waals surface area contributed by atoms with Gasteiger partial charge in [0.25, 0.3) is 0 Å². The van der Waals surface area contributed by atoms with E-state index in [1.807, 2.05) is 18.2 Å². The number of benzene rings is 1. The lowest BCUT2D eigenvalue weighted by Gasteiger charge is -2.05. The Hall–Kier alpha value is -0.300. The van der Waals surface area contributed by atoms with Crippen LogP contribution >= 0.6 is 22.6 Å². The molecule has 0 fully saturated rings. The second-order valence-electron chi connectivity index (χ2n) is 2.29. The van der Waals surface area contributed by atoms with Crippen molar-refractivity contribution in [2.24, 2.45) is 0 Å². The molecule has 0 aromatic heterocycles. The van der Waals surface area contributed by atoms with Crippen LogP contribution in [0.4, 0.5) is 11.4 Å². The third-order valence-corrected chi connectivity index (χ3v) is 2.45. The van der Waals surface area contributed by atoms with Gasteiger partial charge in [0.15, 0.2) is 0 Å². The fourth-order valence-electron chi connectivity index (χ4n) is 0.781. The van der Waals surface area contributed by atoms with Gasteiger partial charge in [-0.25, -0.2) is 4.21 Å². The van der Waals surface area contributed by atoms with Crippen LogP contribution in [-0.4, -0.2) is 10.5 Å². The van der Waals surface area contributed by atoms with Gasteiger partial charge in [0.05, 0.1) is 11.4 Å². The van der Waals surface area contributed by atoms with Crippen LogP contribution in [0.5, 0.6) is 0 Å². The van der Waals surface area contributed by atoms with Gasteiger partial charge in [0.2, 0.25) is 0 Å². The average molecular weight is 296 g/mol. The summed E-state index contributed by atoms with van der Waals surface area (Å²) in [6.45, 7) is 0. The molecule has 1 aromatic rings. The molecule has 3 nitrogen and oxygen atoms in total. The summed E-state index contributed by atoms with van der Waals surface area (Å²) >= 11 is 2.17. The number of nitrogens with one attached hydrogen (secondary N) is 1. The molecule has 0 saturated heterocycles. The standard InChI is InChI=1S/C7H9IN2OS/c1-12(11)10-7-3-2-5(8)4-6(7)9/h2-4,10H,9H2,1H3. The van der Waals surface area contributed by atoms with E-state index in [9.17, 15) is 4.21 Å². The van der Waals surface area contributed by atoms with Gasteiger partial charge in [-0.3, -0.25) is 0 Å². The number of rotatable bonds is 2. The highest BCUT2D eigenvalue weighted by molar-refractivity contribution is 14.1. The Labute approximate surface area is 87.5 Å². The van der Waals surface area contributed by atoms with Crippen molar-refractivity contribution >= 4 is 45.0 Å². The maximum atomic E-state index is 10.8. The molecule has 0 bridgehead atoms. The van der Waals surface area contributed by atoms with Crippen molar-refractivity contribution in [1.29, 1.82) is 0 Å². The Kier molecular flexibility index (Phi) is 3.33. The molecule has 1 unspecified atom stereocenters. The van der Waals surface area contributed by atoms with Crippen LogP contribution in [-0.2, 0) is 11.0 Å². The maximum absolute atomic E-state index is 10.8. The average Bonchev–Trinajstić information content (AvgIpc) is 1.94. The fourth-order valence-corrected chi connectivity index (χ4v) is 1.79. The van der Waals surface area contributed by atoms with Crippen LogP contribution < -0.4 is 10.5 Å². The smallest absolute Gasteiger partial charge is 0.114 e. The van der Waals surface area contributed by atoms with Gasteiger partial charge in [0, 0.05) is 9.83 Å². The largest absolute Gasteiger partial charge is 0.397 e. The molecule has 1 rings (SSSR count). The lowest BCUT2D eigenvalue weighted by molar-refractivity contribution is 0.690. The molecule has 3 N–H and O–H groups in total. The predicted molar refractivity (Wildman–Crippen MR) is 61.3 cm³/mol. The van der Waals surface area contributed by atoms with Crippen LogP contribution in [0.2, 0.25) is 0 Å². The first-order valence-corrected chi connectivity index (χ1v) is 5.88. The summed E-state index contributed by atoms with van der Waals surface area (Å²) < 4.78 is 14.6. The van der Waals surface area contributed by atoms with E-state index < -0.39 is 11.0 Å². The third kappa shape index (κ3) is 2.63. The van der Waals surface area contributed by atoms with Crippen LogP contribution in [0.25, 0.3) is 0 Å². The van der Waals surface area contributed by atoms with Crippen molar-refractivity contribution in [2.45, 2.75) is 0 Å². The highest BCUT2D eigenvalue weighted by Crippen LogP contribution is 2.20. The molecular formula is C7H9IN2OS. The lowest BCUT2D eigenvalue weighted by Crippen LogP contribution is -2.03. The Morgan fingerprint density at radius 3 is 2.75 bits per heavy atom. The Balaban J connectivity index is 2.93. The highest BCUT2D eigenvalue weighted by atomic mass is 127. The molecule has 0 aliphatic rings. The molecule has 1 aromatic carbocycles. The van der Waals surface area contributed by atoms with Crippen LogP contribution in [0.1, 0.15) is 0 Å². The van der Waals surface area contributed by atoms with E-state index in [0.717, 1.165) is 9.26 Å². The van der Waals surface area contributed by atoms with Gasteiger partial charge < -0.3 is 10.5 Å². The van der Waals surface area contributed by atoms with Crippen LogP contribution in [0.3, 0.4) is 0 Å². The molecular weight excluding hydrogens is 287 g/mol. The van der Waals surface area contributed by atoms with Crippen molar-refractivity contribution in [3.8, 4) is 0 Å². The van der Waals surface area contributed by atoms with Crippen molar-refractivity contribution in [3.05, 3.63) is 21.8 Å². The van der Waals surface area contributed by atoms with Crippen LogP contribution in [0.15, 0.2) is 18.2 Å². The first kappa shape index (κ1) is 9.79. The monoisotopic (exact) mass is 296 g/mol. The molecule has 0 aliphatic carbocycles. The summed E-state index contributed by atoms with van der Waals surface area (Å²) in [5.74, 6) is 0. The Bertz CT molecular complexity index is 316.